The van der Waals surface area contributed by atoms with Crippen molar-refractivity contribution in [2.45, 2.75) is 0 Å². The van der Waals surface area contributed by atoms with Crippen molar-refractivity contribution in [1.29, 1.82) is 0 Å². The van der Waals surface area contributed by atoms with E-state index in [1.807, 2.05) is 47.4 Å². The molecule has 0 aliphatic carbocycles. The van der Waals surface area contributed by atoms with E-state index in [9.17, 15) is 9.59 Å². The third-order valence-electron chi connectivity index (χ3n) is 5.32. The Balaban J connectivity index is 1.27. The number of carbonyl (C=O) groups excluding carboxylic acids is 2. The lowest BCUT2D eigenvalue weighted by molar-refractivity contribution is -0.133. The summed E-state index contributed by atoms with van der Waals surface area (Å²) in [5, 5.41) is 0.709. The molecule has 0 atom stereocenters. The molecule has 0 bridgehead atoms. The highest BCUT2D eigenvalue weighted by molar-refractivity contribution is 6.30. The standard InChI is InChI=1S/C25H23ClN2O3/c26-21-7-4-8-22(17-21)27-13-15-28(16-14-27)24(29)18-31-23-11-9-20(10-12-23)25(30)19-5-2-1-3-6-19/h1-12,17H,13-16,18H2. The minimum atomic E-state index is -0.0461. The number of hydrogen-bond donors (Lipinski definition) is 0. The molecule has 5 nitrogen and oxygen atoms in total. The number of halogens is 1. The van der Waals surface area contributed by atoms with E-state index in [2.05, 4.69) is 4.90 Å². The SMILES string of the molecule is O=C(c1ccccc1)c1ccc(OCC(=O)N2CCN(c3cccc(Cl)c3)CC2)cc1. The zero-order valence-electron chi connectivity index (χ0n) is 17.0. The Bertz CT molecular complexity index is 1050. The molecule has 6 heteroatoms. The molecule has 158 valence electrons. The molecule has 31 heavy (non-hydrogen) atoms. The number of ketones is 1. The second kappa shape index (κ2) is 9.67. The number of nitrogens with zero attached hydrogens (tertiary/aromatic N) is 2. The number of rotatable bonds is 6. The van der Waals surface area contributed by atoms with Gasteiger partial charge in [0.2, 0.25) is 0 Å². The van der Waals surface area contributed by atoms with Crippen molar-refractivity contribution >= 4 is 29.0 Å². The first kappa shape index (κ1) is 20.9. The van der Waals surface area contributed by atoms with Gasteiger partial charge in [-0.3, -0.25) is 9.59 Å². The van der Waals surface area contributed by atoms with Crippen molar-refractivity contribution in [2.24, 2.45) is 0 Å². The summed E-state index contributed by atoms with van der Waals surface area (Å²) in [6.07, 6.45) is 0. The topological polar surface area (TPSA) is 49.9 Å². The summed E-state index contributed by atoms with van der Waals surface area (Å²) in [5.41, 5.74) is 2.30. The molecule has 1 aliphatic heterocycles. The van der Waals surface area contributed by atoms with Gasteiger partial charge in [-0.1, -0.05) is 48.0 Å². The van der Waals surface area contributed by atoms with Crippen LogP contribution in [0.5, 0.6) is 5.75 Å². The summed E-state index contributed by atoms with van der Waals surface area (Å²) in [6, 6.07) is 23.8. The Morgan fingerprint density at radius 1 is 0.806 bits per heavy atom. The van der Waals surface area contributed by atoms with Gasteiger partial charge in [0.05, 0.1) is 0 Å². The summed E-state index contributed by atoms with van der Waals surface area (Å²) in [6.45, 7) is 2.76. The smallest absolute Gasteiger partial charge is 0.260 e. The van der Waals surface area contributed by atoms with Crippen LogP contribution in [-0.2, 0) is 4.79 Å². The van der Waals surface area contributed by atoms with Crippen LogP contribution < -0.4 is 9.64 Å². The summed E-state index contributed by atoms with van der Waals surface area (Å²) in [4.78, 5) is 29.0. The highest BCUT2D eigenvalue weighted by atomic mass is 35.5. The zero-order chi connectivity index (χ0) is 21.6. The van der Waals surface area contributed by atoms with Crippen LogP contribution in [0.4, 0.5) is 5.69 Å². The number of hydrogen-bond acceptors (Lipinski definition) is 4. The lowest BCUT2D eigenvalue weighted by Gasteiger charge is -2.36. The van der Waals surface area contributed by atoms with E-state index >= 15 is 0 Å². The predicted octanol–water partition coefficient (Wildman–Crippen LogP) is 4.30. The molecule has 1 heterocycles. The molecule has 0 spiro atoms. The molecular weight excluding hydrogens is 412 g/mol. The van der Waals surface area contributed by atoms with Crippen LogP contribution in [0.25, 0.3) is 0 Å². The van der Waals surface area contributed by atoms with Crippen LogP contribution >= 0.6 is 11.6 Å². The predicted molar refractivity (Wildman–Crippen MR) is 122 cm³/mol. The molecule has 3 aromatic carbocycles. The van der Waals surface area contributed by atoms with Gasteiger partial charge in [-0.15, -0.1) is 0 Å². The first-order valence-corrected chi connectivity index (χ1v) is 10.6. The largest absolute Gasteiger partial charge is 0.484 e. The second-order valence-corrected chi connectivity index (χ2v) is 7.79. The molecule has 1 aliphatic rings. The Hall–Kier alpha value is -3.31. The fourth-order valence-corrected chi connectivity index (χ4v) is 3.77. The molecule has 0 N–H and O–H groups in total. The maximum absolute atomic E-state index is 12.5. The third kappa shape index (κ3) is 5.25. The lowest BCUT2D eigenvalue weighted by atomic mass is 10.0. The minimum absolute atomic E-state index is 0.0247. The number of piperazine rings is 1. The van der Waals surface area contributed by atoms with Crippen molar-refractivity contribution in [2.75, 3.05) is 37.7 Å². The molecular formula is C25H23ClN2O3. The molecule has 0 radical (unpaired) electrons. The van der Waals surface area contributed by atoms with E-state index in [0.29, 0.717) is 35.0 Å². The summed E-state index contributed by atoms with van der Waals surface area (Å²) >= 11 is 6.07. The van der Waals surface area contributed by atoms with Crippen molar-refractivity contribution < 1.29 is 14.3 Å². The number of carbonyl (C=O) groups is 2. The van der Waals surface area contributed by atoms with Gasteiger partial charge in [-0.2, -0.15) is 0 Å². The summed E-state index contributed by atoms with van der Waals surface area (Å²) < 4.78 is 5.66. The monoisotopic (exact) mass is 434 g/mol. The normalized spacial score (nSPS) is 13.7. The fraction of sp³-hybridized carbons (Fsp3) is 0.200. The van der Waals surface area contributed by atoms with Crippen molar-refractivity contribution in [3.8, 4) is 5.75 Å². The molecule has 0 aromatic heterocycles. The Morgan fingerprint density at radius 2 is 1.48 bits per heavy atom. The van der Waals surface area contributed by atoms with Crippen LogP contribution in [0.15, 0.2) is 78.9 Å². The van der Waals surface area contributed by atoms with Crippen molar-refractivity contribution in [3.05, 3.63) is 95.0 Å². The number of ether oxygens (including phenoxy) is 1. The van der Waals surface area contributed by atoms with E-state index in [1.165, 1.54) is 0 Å². The Labute approximate surface area is 186 Å². The highest BCUT2D eigenvalue weighted by Crippen LogP contribution is 2.21. The average Bonchev–Trinajstić information content (AvgIpc) is 2.83. The fourth-order valence-electron chi connectivity index (χ4n) is 3.58. The first-order chi connectivity index (χ1) is 15.1. The Kier molecular flexibility index (Phi) is 6.53. The van der Waals surface area contributed by atoms with Crippen molar-refractivity contribution in [3.63, 3.8) is 0 Å². The minimum Gasteiger partial charge on any atom is -0.484 e. The summed E-state index contributed by atoms with van der Waals surface area (Å²) in [7, 11) is 0. The first-order valence-electron chi connectivity index (χ1n) is 10.2. The molecule has 1 fully saturated rings. The van der Waals surface area contributed by atoms with Gasteiger partial charge in [-0.25, -0.2) is 0 Å². The van der Waals surface area contributed by atoms with Crippen LogP contribution in [-0.4, -0.2) is 49.4 Å². The average molecular weight is 435 g/mol. The zero-order valence-corrected chi connectivity index (χ0v) is 17.8. The van der Waals surface area contributed by atoms with Gasteiger partial charge in [0, 0.05) is 48.0 Å². The highest BCUT2D eigenvalue weighted by Gasteiger charge is 2.21. The van der Waals surface area contributed by atoms with Gasteiger partial charge < -0.3 is 14.5 Å². The van der Waals surface area contributed by atoms with Crippen LogP contribution in [0.2, 0.25) is 5.02 Å². The van der Waals surface area contributed by atoms with Gasteiger partial charge in [0.25, 0.3) is 5.91 Å². The number of benzene rings is 3. The molecule has 1 amide bonds. The van der Waals surface area contributed by atoms with E-state index in [-0.39, 0.29) is 18.3 Å². The maximum Gasteiger partial charge on any atom is 0.260 e. The van der Waals surface area contributed by atoms with Crippen molar-refractivity contribution in [1.82, 2.24) is 4.90 Å². The van der Waals surface area contributed by atoms with Gasteiger partial charge in [0.1, 0.15) is 5.75 Å². The number of amides is 1. The van der Waals surface area contributed by atoms with Gasteiger partial charge in [0.15, 0.2) is 12.4 Å². The van der Waals surface area contributed by atoms with E-state index in [4.69, 9.17) is 16.3 Å². The van der Waals surface area contributed by atoms with Crippen LogP contribution in [0.1, 0.15) is 15.9 Å². The van der Waals surface area contributed by atoms with E-state index in [0.717, 1.165) is 18.8 Å². The van der Waals surface area contributed by atoms with Crippen LogP contribution in [0, 0.1) is 0 Å². The van der Waals surface area contributed by atoms with E-state index < -0.39 is 0 Å². The molecule has 3 aromatic rings. The van der Waals surface area contributed by atoms with E-state index in [1.54, 1.807) is 36.4 Å². The Morgan fingerprint density at radius 3 is 2.16 bits per heavy atom. The van der Waals surface area contributed by atoms with Gasteiger partial charge in [-0.05, 0) is 42.5 Å². The van der Waals surface area contributed by atoms with Gasteiger partial charge >= 0.3 is 0 Å². The molecule has 0 saturated carbocycles. The lowest BCUT2D eigenvalue weighted by Crippen LogP contribution is -2.50. The molecule has 0 unspecified atom stereocenters. The number of anilines is 1. The maximum atomic E-state index is 12.5. The molecule has 4 rings (SSSR count). The summed E-state index contributed by atoms with van der Waals surface area (Å²) in [5.74, 6) is 0.478. The quantitative estimate of drug-likeness (QED) is 0.543. The third-order valence-corrected chi connectivity index (χ3v) is 5.56. The van der Waals surface area contributed by atoms with Crippen LogP contribution in [0.3, 0.4) is 0 Å². The second-order valence-electron chi connectivity index (χ2n) is 7.36. The molecule has 1 saturated heterocycles.